The molecular formula is C11H12N2. The van der Waals surface area contributed by atoms with Gasteiger partial charge in [0, 0.05) is 12.4 Å². The van der Waals surface area contributed by atoms with Gasteiger partial charge in [0.05, 0.1) is 11.4 Å². The Morgan fingerprint density at radius 2 is 2.31 bits per heavy atom. The molecule has 66 valence electrons. The second-order valence-electron chi connectivity index (χ2n) is 2.62. The van der Waals surface area contributed by atoms with Crippen molar-refractivity contribution in [3.63, 3.8) is 0 Å². The van der Waals surface area contributed by atoms with Gasteiger partial charge in [0.15, 0.2) is 0 Å². The zero-order valence-corrected chi connectivity index (χ0v) is 7.70. The van der Waals surface area contributed by atoms with E-state index in [1.165, 1.54) is 6.20 Å². The van der Waals surface area contributed by atoms with Crippen molar-refractivity contribution in [2.75, 3.05) is 0 Å². The van der Waals surface area contributed by atoms with Crippen LogP contribution in [0.3, 0.4) is 0 Å². The number of allylic oxidation sites excluding steroid dienone is 1. The Labute approximate surface area is 78.4 Å². The van der Waals surface area contributed by atoms with Crippen LogP contribution in [0.15, 0.2) is 48.8 Å². The van der Waals surface area contributed by atoms with Crippen molar-refractivity contribution < 1.29 is 0 Å². The lowest BCUT2D eigenvalue weighted by Gasteiger charge is -1.99. The minimum Gasteiger partial charge on any atom is -0.255 e. The number of pyridine rings is 1. The molecule has 0 saturated carbocycles. The highest BCUT2D eigenvalue weighted by atomic mass is 14.8. The van der Waals surface area contributed by atoms with E-state index in [2.05, 4.69) is 23.1 Å². The zero-order chi connectivity index (χ0) is 9.68. The fraction of sp³-hybridized carbons (Fsp3) is 0.0909. The Morgan fingerprint density at radius 3 is 2.85 bits per heavy atom. The van der Waals surface area contributed by atoms with E-state index in [0.29, 0.717) is 0 Å². The molecule has 0 radical (unpaired) electrons. The number of rotatable bonds is 3. The Hall–Kier alpha value is -1.70. The second-order valence-corrected chi connectivity index (χ2v) is 2.62. The van der Waals surface area contributed by atoms with E-state index in [0.717, 1.165) is 17.0 Å². The maximum Gasteiger partial charge on any atom is 0.0888 e. The van der Waals surface area contributed by atoms with Gasteiger partial charge in [0.2, 0.25) is 0 Å². The maximum atomic E-state index is 4.18. The summed E-state index contributed by atoms with van der Waals surface area (Å²) >= 11 is 0. The highest BCUT2D eigenvalue weighted by Gasteiger charge is 1.98. The summed E-state index contributed by atoms with van der Waals surface area (Å²) in [5.74, 6) is 0. The summed E-state index contributed by atoms with van der Waals surface area (Å²) < 4.78 is 0. The fourth-order valence-corrected chi connectivity index (χ4v) is 0.998. The van der Waals surface area contributed by atoms with Crippen molar-refractivity contribution in [3.8, 4) is 0 Å². The molecule has 1 heterocycles. The Morgan fingerprint density at radius 1 is 1.54 bits per heavy atom. The lowest BCUT2D eigenvalue weighted by atomic mass is 10.2. The van der Waals surface area contributed by atoms with Crippen LogP contribution in [-0.4, -0.2) is 10.7 Å². The van der Waals surface area contributed by atoms with E-state index in [9.17, 15) is 0 Å². The highest BCUT2D eigenvalue weighted by molar-refractivity contribution is 6.07. The van der Waals surface area contributed by atoms with Crippen LogP contribution in [0.1, 0.15) is 11.3 Å². The van der Waals surface area contributed by atoms with Crippen molar-refractivity contribution in [3.05, 3.63) is 55.0 Å². The smallest absolute Gasteiger partial charge is 0.0888 e. The molecule has 0 unspecified atom stereocenters. The average Bonchev–Trinajstić information content (AvgIpc) is 2.14. The quantitative estimate of drug-likeness (QED) is 0.643. The molecule has 0 fully saturated rings. The second kappa shape index (κ2) is 4.36. The van der Waals surface area contributed by atoms with Gasteiger partial charge in [0.1, 0.15) is 0 Å². The molecule has 0 aliphatic carbocycles. The van der Waals surface area contributed by atoms with Gasteiger partial charge in [-0.2, -0.15) is 0 Å². The molecular weight excluding hydrogens is 160 g/mol. The maximum absolute atomic E-state index is 4.18. The molecule has 0 spiro atoms. The number of hydrogen-bond acceptors (Lipinski definition) is 2. The van der Waals surface area contributed by atoms with E-state index >= 15 is 0 Å². The molecule has 0 aliphatic rings. The summed E-state index contributed by atoms with van der Waals surface area (Å²) in [6.07, 6.45) is 4.91. The average molecular weight is 172 g/mol. The third-order valence-electron chi connectivity index (χ3n) is 1.60. The fourth-order valence-electron chi connectivity index (χ4n) is 0.998. The molecule has 2 nitrogen and oxygen atoms in total. The lowest BCUT2D eigenvalue weighted by molar-refractivity contribution is 1.25. The monoisotopic (exact) mass is 172 g/mol. The van der Waals surface area contributed by atoms with Gasteiger partial charge >= 0.3 is 0 Å². The lowest BCUT2D eigenvalue weighted by Crippen LogP contribution is -1.99. The molecule has 1 aromatic heterocycles. The van der Waals surface area contributed by atoms with E-state index in [1.807, 2.05) is 19.1 Å². The van der Waals surface area contributed by atoms with Gasteiger partial charge < -0.3 is 0 Å². The van der Waals surface area contributed by atoms with Crippen LogP contribution >= 0.6 is 0 Å². The van der Waals surface area contributed by atoms with Crippen LogP contribution in [0, 0.1) is 6.92 Å². The largest absolute Gasteiger partial charge is 0.255 e. The van der Waals surface area contributed by atoms with Crippen molar-refractivity contribution in [2.45, 2.75) is 6.92 Å². The van der Waals surface area contributed by atoms with Gasteiger partial charge in [-0.3, -0.25) is 9.98 Å². The number of hydrogen-bond donors (Lipinski definition) is 0. The SMILES string of the molecule is C=CN=C(C=C)c1cc(C)ccn1. The summed E-state index contributed by atoms with van der Waals surface area (Å²) in [7, 11) is 0. The molecule has 1 aromatic rings. The van der Waals surface area contributed by atoms with Crippen molar-refractivity contribution in [1.29, 1.82) is 0 Å². The molecule has 13 heavy (non-hydrogen) atoms. The first-order valence-corrected chi connectivity index (χ1v) is 4.02. The number of aryl methyl sites for hydroxylation is 1. The first-order valence-electron chi connectivity index (χ1n) is 4.02. The van der Waals surface area contributed by atoms with Crippen molar-refractivity contribution in [2.24, 2.45) is 4.99 Å². The first-order chi connectivity index (χ1) is 6.27. The third kappa shape index (κ3) is 2.37. The van der Waals surface area contributed by atoms with E-state index in [4.69, 9.17) is 0 Å². The predicted molar refractivity (Wildman–Crippen MR) is 55.9 cm³/mol. The van der Waals surface area contributed by atoms with Crippen LogP contribution in [0.5, 0.6) is 0 Å². The topological polar surface area (TPSA) is 25.2 Å². The van der Waals surface area contributed by atoms with Crippen LogP contribution in [0.25, 0.3) is 0 Å². The van der Waals surface area contributed by atoms with Gasteiger partial charge in [0.25, 0.3) is 0 Å². The zero-order valence-electron chi connectivity index (χ0n) is 7.70. The number of aromatic nitrogens is 1. The minimum atomic E-state index is 0.749. The molecule has 1 rings (SSSR count). The molecule has 0 atom stereocenters. The molecule has 0 N–H and O–H groups in total. The molecule has 0 aliphatic heterocycles. The van der Waals surface area contributed by atoms with Gasteiger partial charge in [-0.15, -0.1) is 0 Å². The van der Waals surface area contributed by atoms with Gasteiger partial charge in [-0.25, -0.2) is 0 Å². The summed E-state index contributed by atoms with van der Waals surface area (Å²) in [4.78, 5) is 8.23. The standard InChI is InChI=1S/C11H12N2/c1-4-10(12-5-2)11-8-9(3)6-7-13-11/h4-8H,1-2H2,3H3. The molecule has 0 aromatic carbocycles. The molecule has 2 heteroatoms. The van der Waals surface area contributed by atoms with E-state index < -0.39 is 0 Å². The first kappa shape index (κ1) is 9.39. The van der Waals surface area contributed by atoms with Crippen molar-refractivity contribution in [1.82, 2.24) is 4.98 Å². The molecule has 0 amide bonds. The normalized spacial score (nSPS) is 11.0. The third-order valence-corrected chi connectivity index (χ3v) is 1.60. The van der Waals surface area contributed by atoms with Crippen LogP contribution < -0.4 is 0 Å². The summed E-state index contributed by atoms with van der Waals surface area (Å²) in [6.45, 7) is 9.21. The summed E-state index contributed by atoms with van der Waals surface area (Å²) in [6, 6.07) is 3.90. The van der Waals surface area contributed by atoms with E-state index in [1.54, 1.807) is 12.3 Å². The van der Waals surface area contributed by atoms with Gasteiger partial charge in [-0.05, 0) is 30.7 Å². The molecule has 0 bridgehead atoms. The number of aliphatic imine (C=N–C) groups is 1. The minimum absolute atomic E-state index is 0.749. The van der Waals surface area contributed by atoms with Gasteiger partial charge in [-0.1, -0.05) is 13.2 Å². The van der Waals surface area contributed by atoms with Crippen LogP contribution in [0.4, 0.5) is 0 Å². The van der Waals surface area contributed by atoms with Crippen LogP contribution in [-0.2, 0) is 0 Å². The summed E-state index contributed by atoms with van der Waals surface area (Å²) in [5, 5.41) is 0. The Balaban J connectivity index is 3.12. The van der Waals surface area contributed by atoms with Crippen molar-refractivity contribution >= 4 is 5.71 Å². The Kier molecular flexibility index (Phi) is 3.15. The predicted octanol–water partition coefficient (Wildman–Crippen LogP) is 2.51. The summed E-state index contributed by atoms with van der Waals surface area (Å²) in [5.41, 5.74) is 2.73. The van der Waals surface area contributed by atoms with Crippen LogP contribution in [0.2, 0.25) is 0 Å². The number of nitrogens with zero attached hydrogens (tertiary/aromatic N) is 2. The van der Waals surface area contributed by atoms with E-state index in [-0.39, 0.29) is 0 Å². The highest BCUT2D eigenvalue weighted by Crippen LogP contribution is 2.02. The Bertz CT molecular complexity index is 351. The molecule has 0 saturated heterocycles.